The van der Waals surface area contributed by atoms with Crippen molar-refractivity contribution in [2.24, 2.45) is 0 Å². The first kappa shape index (κ1) is 24.8. The molecular formula is C41H34N2+2. The molecule has 0 N–H and O–H groups in total. The molecule has 4 heterocycles. The molecule has 1 unspecified atom stereocenters. The highest BCUT2D eigenvalue weighted by molar-refractivity contribution is 6.00. The number of aryl methyl sites for hydroxylation is 1. The monoisotopic (exact) mass is 554 g/mol. The summed E-state index contributed by atoms with van der Waals surface area (Å²) in [6.45, 7) is 12.2. The molecule has 0 radical (unpaired) electrons. The summed E-state index contributed by atoms with van der Waals surface area (Å²) >= 11 is 0. The van der Waals surface area contributed by atoms with Crippen LogP contribution in [0.5, 0.6) is 0 Å². The number of hydrogen-bond acceptors (Lipinski definition) is 0. The number of quaternary nitrogens is 1. The zero-order valence-electron chi connectivity index (χ0n) is 25.0. The summed E-state index contributed by atoms with van der Waals surface area (Å²) in [5.74, 6) is 0. The van der Waals surface area contributed by atoms with Gasteiger partial charge in [-0.15, -0.1) is 0 Å². The van der Waals surface area contributed by atoms with Crippen LogP contribution in [0.1, 0.15) is 53.6 Å². The molecular weight excluding hydrogens is 520 g/mol. The van der Waals surface area contributed by atoms with Crippen LogP contribution in [-0.2, 0) is 5.41 Å². The van der Waals surface area contributed by atoms with Crippen LogP contribution < -0.4 is 9.27 Å². The molecule has 0 bridgehead atoms. The maximum absolute atomic E-state index is 4.72. The van der Waals surface area contributed by atoms with E-state index in [0.29, 0.717) is 4.59 Å². The maximum Gasteiger partial charge on any atom is 0.279 e. The van der Waals surface area contributed by atoms with E-state index in [2.05, 4.69) is 141 Å². The van der Waals surface area contributed by atoms with Gasteiger partial charge < -0.3 is 0 Å². The molecule has 0 fully saturated rings. The lowest BCUT2D eigenvalue weighted by molar-refractivity contribution is -0.780. The normalized spacial score (nSPS) is 20.8. The quantitative estimate of drug-likeness (QED) is 0.141. The minimum absolute atomic E-state index is 0.425. The molecule has 4 aromatic carbocycles. The third kappa shape index (κ3) is 2.81. The van der Waals surface area contributed by atoms with Crippen LogP contribution in [0.25, 0.3) is 28.0 Å². The third-order valence-corrected chi connectivity index (χ3v) is 10.5. The first-order chi connectivity index (χ1) is 21.0. The van der Waals surface area contributed by atoms with Crippen LogP contribution in [0.3, 0.4) is 0 Å². The van der Waals surface area contributed by atoms with Crippen molar-refractivity contribution in [1.29, 1.82) is 0 Å². The summed E-state index contributed by atoms with van der Waals surface area (Å²) in [4.78, 5) is 0. The topological polar surface area (TPSA) is 3.88 Å². The largest absolute Gasteiger partial charge is 0.279 e. The highest BCUT2D eigenvalue weighted by atomic mass is 15.7. The molecule has 4 aliphatic rings. The second kappa shape index (κ2) is 8.40. The van der Waals surface area contributed by atoms with E-state index in [9.17, 15) is 0 Å². The minimum atomic E-state index is -0.425. The van der Waals surface area contributed by atoms with Crippen LogP contribution >= 0.6 is 0 Å². The van der Waals surface area contributed by atoms with E-state index >= 15 is 0 Å². The summed E-state index contributed by atoms with van der Waals surface area (Å²) < 4.78 is 3.22. The van der Waals surface area contributed by atoms with Crippen molar-refractivity contribution in [3.05, 3.63) is 167 Å². The Labute approximate surface area is 253 Å². The van der Waals surface area contributed by atoms with Gasteiger partial charge in [0.15, 0.2) is 0 Å². The van der Waals surface area contributed by atoms with Crippen molar-refractivity contribution in [3.8, 4) is 22.4 Å². The van der Waals surface area contributed by atoms with E-state index in [4.69, 9.17) is 6.58 Å². The van der Waals surface area contributed by atoms with Gasteiger partial charge in [-0.25, -0.2) is 0 Å². The van der Waals surface area contributed by atoms with E-state index in [0.717, 1.165) is 13.0 Å². The first-order valence-corrected chi connectivity index (χ1v) is 15.4. The summed E-state index contributed by atoms with van der Waals surface area (Å²) in [5, 5.41) is 0. The predicted molar refractivity (Wildman–Crippen MR) is 177 cm³/mol. The Morgan fingerprint density at radius 3 is 2.16 bits per heavy atom. The van der Waals surface area contributed by atoms with Crippen molar-refractivity contribution >= 4 is 16.9 Å². The molecule has 0 saturated heterocycles. The number of pyridine rings is 1. The van der Waals surface area contributed by atoms with E-state index in [-0.39, 0.29) is 0 Å². The molecule has 1 aliphatic carbocycles. The Morgan fingerprint density at radius 1 is 0.767 bits per heavy atom. The zero-order valence-corrected chi connectivity index (χ0v) is 25.0. The van der Waals surface area contributed by atoms with Crippen molar-refractivity contribution in [3.63, 3.8) is 0 Å². The second-order valence-corrected chi connectivity index (χ2v) is 12.6. The lowest BCUT2D eigenvalue weighted by atomic mass is 9.63. The van der Waals surface area contributed by atoms with Crippen molar-refractivity contribution in [1.82, 2.24) is 4.59 Å². The summed E-state index contributed by atoms with van der Waals surface area (Å²) in [6.07, 6.45) is 7.77. The lowest BCUT2D eigenvalue weighted by Gasteiger charge is -2.43. The third-order valence-electron chi connectivity index (χ3n) is 10.5. The SMILES string of the molecule is C=C1CC[N+]23c4c(cccc4C4(c5ccccc5-c5ccccc54)c4cc(C)cc(c42)-c2cccc[n+]23)/C1=C/C(C)=C\C. The Hall–Kier alpha value is -4.79. The highest BCUT2D eigenvalue weighted by Crippen LogP contribution is 2.67. The van der Waals surface area contributed by atoms with Gasteiger partial charge in [0.05, 0.1) is 5.41 Å². The molecule has 0 saturated carbocycles. The summed E-state index contributed by atoms with van der Waals surface area (Å²) in [6, 6.07) is 37.0. The Bertz CT molecular complexity index is 2100. The van der Waals surface area contributed by atoms with Crippen LogP contribution in [-0.4, -0.2) is 6.54 Å². The average molecular weight is 555 g/mol. The van der Waals surface area contributed by atoms with Crippen molar-refractivity contribution < 1.29 is 4.68 Å². The van der Waals surface area contributed by atoms with Gasteiger partial charge in [-0.3, -0.25) is 0 Å². The summed E-state index contributed by atoms with van der Waals surface area (Å²) in [5.41, 5.74) is 19.6. The van der Waals surface area contributed by atoms with E-state index in [1.165, 1.54) is 83.9 Å². The molecule has 2 heteroatoms. The Kier molecular flexibility index (Phi) is 4.84. The van der Waals surface area contributed by atoms with E-state index in [1.807, 2.05) is 0 Å². The molecule has 5 aromatic rings. The molecule has 1 aromatic heterocycles. The molecule has 9 rings (SSSR count). The number of para-hydroxylation sites is 1. The molecule has 0 amide bonds. The van der Waals surface area contributed by atoms with Crippen LogP contribution in [0.4, 0.5) is 11.4 Å². The fourth-order valence-corrected chi connectivity index (χ4v) is 8.80. The smallest absolute Gasteiger partial charge is 0.0950 e. The Morgan fingerprint density at radius 2 is 1.42 bits per heavy atom. The van der Waals surface area contributed by atoms with E-state index < -0.39 is 5.41 Å². The fourth-order valence-electron chi connectivity index (χ4n) is 8.80. The van der Waals surface area contributed by atoms with Gasteiger partial charge in [-0.1, -0.05) is 85.0 Å². The van der Waals surface area contributed by atoms with E-state index in [1.54, 1.807) is 0 Å². The number of hydrogen-bond donors (Lipinski definition) is 0. The van der Waals surface area contributed by atoms with Crippen LogP contribution in [0.15, 0.2) is 133 Å². The van der Waals surface area contributed by atoms with Crippen molar-refractivity contribution in [2.75, 3.05) is 6.54 Å². The average Bonchev–Trinajstić information content (AvgIpc) is 3.45. The van der Waals surface area contributed by atoms with Gasteiger partial charge in [-0.05, 0) is 93.3 Å². The lowest BCUT2D eigenvalue weighted by Crippen LogP contribution is -2.69. The minimum Gasteiger partial charge on any atom is -0.0950 e. The van der Waals surface area contributed by atoms with Gasteiger partial charge in [0.2, 0.25) is 17.6 Å². The highest BCUT2D eigenvalue weighted by Gasteiger charge is 2.66. The first-order valence-electron chi connectivity index (χ1n) is 15.4. The summed E-state index contributed by atoms with van der Waals surface area (Å²) in [7, 11) is 0. The Balaban J connectivity index is 1.57. The number of aromatic nitrogens is 1. The fraction of sp³-hybridized carbons (Fsp3) is 0.146. The standard InChI is InChI=1S/C41H34N2/c1-5-26(2)23-32-28(4)20-22-43-39-31(32)15-12-18-36(39)41(34-16-8-6-13-29(34)30-14-7-9-17-35(30)41)37-25-27(3)24-33(40(37)43)38-19-10-11-21-42(38)43/h5-19,21,23-25H,4,20,22H2,1-3H3/q+2/b26-5-,32-23+. The van der Waals surface area contributed by atoms with Crippen molar-refractivity contribution in [2.45, 2.75) is 32.6 Å². The molecule has 2 spiro atoms. The van der Waals surface area contributed by atoms with Gasteiger partial charge in [0, 0.05) is 35.2 Å². The molecule has 3 aliphatic heterocycles. The number of nitrogens with zero attached hydrogens (tertiary/aromatic N) is 2. The molecule has 206 valence electrons. The maximum atomic E-state index is 4.72. The number of fused-ring (bicyclic) bond motifs is 9. The van der Waals surface area contributed by atoms with Gasteiger partial charge >= 0.3 is 0 Å². The predicted octanol–water partition coefficient (Wildman–Crippen LogP) is 9.35. The van der Waals surface area contributed by atoms with Crippen LogP contribution in [0, 0.1) is 6.92 Å². The zero-order chi connectivity index (χ0) is 29.1. The molecule has 1 atom stereocenters. The van der Waals surface area contributed by atoms with Crippen LogP contribution in [0.2, 0.25) is 0 Å². The van der Waals surface area contributed by atoms with Gasteiger partial charge in [0.1, 0.15) is 12.1 Å². The molecule has 2 nitrogen and oxygen atoms in total. The van der Waals surface area contributed by atoms with Gasteiger partial charge in [-0.2, -0.15) is 0 Å². The number of allylic oxidation sites excluding steroid dienone is 4. The van der Waals surface area contributed by atoms with Gasteiger partial charge in [0.25, 0.3) is 5.69 Å². The molecule has 43 heavy (non-hydrogen) atoms. The second-order valence-electron chi connectivity index (χ2n) is 12.6. The number of benzene rings is 4. The number of rotatable bonds is 1.